The SMILES string of the molecule is O=C(C=Cc1ccco1)NC1CC2CCC(C1)N2. The molecule has 0 aliphatic carbocycles. The minimum atomic E-state index is -0.0299. The molecule has 2 unspecified atom stereocenters. The highest BCUT2D eigenvalue weighted by molar-refractivity contribution is 5.91. The average molecular weight is 246 g/mol. The quantitative estimate of drug-likeness (QED) is 0.798. The molecular weight excluding hydrogens is 228 g/mol. The third kappa shape index (κ3) is 2.64. The smallest absolute Gasteiger partial charge is 0.244 e. The van der Waals surface area contributed by atoms with Gasteiger partial charge in [-0.1, -0.05) is 0 Å². The third-order valence-corrected chi connectivity index (χ3v) is 3.76. The molecule has 2 fully saturated rings. The second-order valence-electron chi connectivity index (χ2n) is 5.16. The summed E-state index contributed by atoms with van der Waals surface area (Å²) in [5.74, 6) is 0.674. The maximum Gasteiger partial charge on any atom is 0.244 e. The van der Waals surface area contributed by atoms with Crippen LogP contribution in [0.5, 0.6) is 0 Å². The lowest BCUT2D eigenvalue weighted by Gasteiger charge is -2.29. The van der Waals surface area contributed by atoms with Gasteiger partial charge < -0.3 is 15.1 Å². The Morgan fingerprint density at radius 3 is 2.83 bits per heavy atom. The zero-order chi connectivity index (χ0) is 12.4. The zero-order valence-corrected chi connectivity index (χ0v) is 10.3. The molecular formula is C14H18N2O2. The van der Waals surface area contributed by atoms with Gasteiger partial charge in [0.15, 0.2) is 0 Å². The topological polar surface area (TPSA) is 54.3 Å². The van der Waals surface area contributed by atoms with Crippen LogP contribution in [-0.2, 0) is 4.79 Å². The largest absolute Gasteiger partial charge is 0.465 e. The Morgan fingerprint density at radius 2 is 2.17 bits per heavy atom. The first kappa shape index (κ1) is 11.5. The maximum atomic E-state index is 11.8. The number of hydrogen-bond acceptors (Lipinski definition) is 3. The molecule has 1 aromatic heterocycles. The fraction of sp³-hybridized carbons (Fsp3) is 0.500. The van der Waals surface area contributed by atoms with Gasteiger partial charge in [0.2, 0.25) is 5.91 Å². The summed E-state index contributed by atoms with van der Waals surface area (Å²) in [4.78, 5) is 11.8. The fourth-order valence-corrected chi connectivity index (χ4v) is 2.97. The first-order valence-corrected chi connectivity index (χ1v) is 6.58. The summed E-state index contributed by atoms with van der Waals surface area (Å²) >= 11 is 0. The monoisotopic (exact) mass is 246 g/mol. The Hall–Kier alpha value is -1.55. The number of hydrogen-bond donors (Lipinski definition) is 2. The number of rotatable bonds is 3. The minimum Gasteiger partial charge on any atom is -0.465 e. The molecule has 4 nitrogen and oxygen atoms in total. The standard InChI is InChI=1S/C14H18N2O2/c17-14(6-5-13-2-1-7-18-13)16-12-8-10-3-4-11(9-12)15-10/h1-2,5-7,10-12,15H,3-4,8-9H2,(H,16,17). The second kappa shape index (κ2) is 4.98. The minimum absolute atomic E-state index is 0.0299. The van der Waals surface area contributed by atoms with E-state index in [0.29, 0.717) is 23.9 Å². The van der Waals surface area contributed by atoms with E-state index in [2.05, 4.69) is 10.6 Å². The van der Waals surface area contributed by atoms with Gasteiger partial charge in [0.25, 0.3) is 0 Å². The highest BCUT2D eigenvalue weighted by Gasteiger charge is 2.33. The predicted octanol–water partition coefficient (Wildman–Crippen LogP) is 1.69. The van der Waals surface area contributed by atoms with Crippen LogP contribution in [0.4, 0.5) is 0 Å². The van der Waals surface area contributed by atoms with Gasteiger partial charge >= 0.3 is 0 Å². The maximum absolute atomic E-state index is 11.8. The van der Waals surface area contributed by atoms with E-state index in [4.69, 9.17) is 4.42 Å². The summed E-state index contributed by atoms with van der Waals surface area (Å²) in [7, 11) is 0. The molecule has 1 amide bonds. The van der Waals surface area contributed by atoms with Crippen molar-refractivity contribution in [1.82, 2.24) is 10.6 Å². The summed E-state index contributed by atoms with van der Waals surface area (Å²) in [5, 5.41) is 6.64. The Kier molecular flexibility index (Phi) is 3.19. The van der Waals surface area contributed by atoms with E-state index in [9.17, 15) is 4.79 Å². The van der Waals surface area contributed by atoms with Gasteiger partial charge in [-0.3, -0.25) is 4.79 Å². The Bertz CT molecular complexity index is 427. The molecule has 2 bridgehead atoms. The van der Waals surface area contributed by atoms with Crippen molar-refractivity contribution < 1.29 is 9.21 Å². The van der Waals surface area contributed by atoms with Crippen LogP contribution in [0.3, 0.4) is 0 Å². The summed E-state index contributed by atoms with van der Waals surface area (Å²) in [6.45, 7) is 0. The van der Waals surface area contributed by atoms with Crippen molar-refractivity contribution in [2.45, 2.75) is 43.8 Å². The van der Waals surface area contributed by atoms with E-state index >= 15 is 0 Å². The Morgan fingerprint density at radius 1 is 1.39 bits per heavy atom. The molecule has 18 heavy (non-hydrogen) atoms. The van der Waals surface area contributed by atoms with Crippen LogP contribution in [0.1, 0.15) is 31.4 Å². The second-order valence-corrected chi connectivity index (χ2v) is 5.16. The highest BCUT2D eigenvalue weighted by Crippen LogP contribution is 2.26. The fourth-order valence-electron chi connectivity index (χ4n) is 2.97. The summed E-state index contributed by atoms with van der Waals surface area (Å²) in [6, 6.07) is 5.15. The van der Waals surface area contributed by atoms with E-state index in [1.165, 1.54) is 12.8 Å². The number of nitrogens with one attached hydrogen (secondary N) is 2. The van der Waals surface area contributed by atoms with Gasteiger partial charge in [-0.05, 0) is 43.9 Å². The van der Waals surface area contributed by atoms with Gasteiger partial charge in [0, 0.05) is 24.2 Å². The number of amides is 1. The van der Waals surface area contributed by atoms with Crippen LogP contribution >= 0.6 is 0 Å². The normalized spacial score (nSPS) is 30.8. The van der Waals surface area contributed by atoms with Crippen molar-refractivity contribution >= 4 is 12.0 Å². The van der Waals surface area contributed by atoms with Crippen molar-refractivity contribution in [3.05, 3.63) is 30.2 Å². The van der Waals surface area contributed by atoms with Crippen molar-refractivity contribution in [2.24, 2.45) is 0 Å². The molecule has 4 heteroatoms. The molecule has 2 N–H and O–H groups in total. The highest BCUT2D eigenvalue weighted by atomic mass is 16.3. The molecule has 2 aliphatic rings. The lowest BCUT2D eigenvalue weighted by atomic mass is 10.00. The van der Waals surface area contributed by atoms with E-state index < -0.39 is 0 Å². The molecule has 0 spiro atoms. The summed E-state index contributed by atoms with van der Waals surface area (Å²) in [6.07, 6.45) is 9.45. The molecule has 2 aliphatic heterocycles. The van der Waals surface area contributed by atoms with Crippen molar-refractivity contribution in [2.75, 3.05) is 0 Å². The van der Waals surface area contributed by atoms with Crippen LogP contribution in [0, 0.1) is 0 Å². The molecule has 1 aromatic rings. The van der Waals surface area contributed by atoms with Gasteiger partial charge in [-0.25, -0.2) is 0 Å². The van der Waals surface area contributed by atoms with Gasteiger partial charge in [-0.2, -0.15) is 0 Å². The molecule has 2 saturated heterocycles. The molecule has 0 radical (unpaired) electrons. The van der Waals surface area contributed by atoms with E-state index in [1.54, 1.807) is 18.4 Å². The molecule has 96 valence electrons. The number of carbonyl (C=O) groups is 1. The number of furan rings is 1. The van der Waals surface area contributed by atoms with E-state index in [0.717, 1.165) is 12.8 Å². The summed E-state index contributed by atoms with van der Waals surface area (Å²) in [5.41, 5.74) is 0. The van der Waals surface area contributed by atoms with Crippen LogP contribution < -0.4 is 10.6 Å². The average Bonchev–Trinajstić information content (AvgIpc) is 2.97. The molecule has 2 atom stereocenters. The van der Waals surface area contributed by atoms with Crippen LogP contribution in [-0.4, -0.2) is 24.0 Å². The van der Waals surface area contributed by atoms with Gasteiger partial charge in [-0.15, -0.1) is 0 Å². The molecule has 0 aromatic carbocycles. The van der Waals surface area contributed by atoms with Crippen LogP contribution in [0.2, 0.25) is 0 Å². The predicted molar refractivity (Wildman–Crippen MR) is 68.9 cm³/mol. The molecule has 3 rings (SSSR count). The van der Waals surface area contributed by atoms with Crippen molar-refractivity contribution in [3.63, 3.8) is 0 Å². The number of piperidine rings is 1. The first-order valence-electron chi connectivity index (χ1n) is 6.58. The summed E-state index contributed by atoms with van der Waals surface area (Å²) < 4.78 is 5.14. The molecule has 3 heterocycles. The number of fused-ring (bicyclic) bond motifs is 2. The van der Waals surface area contributed by atoms with Crippen LogP contribution in [0.25, 0.3) is 6.08 Å². The van der Waals surface area contributed by atoms with Crippen molar-refractivity contribution in [1.29, 1.82) is 0 Å². The lowest BCUT2D eigenvalue weighted by molar-refractivity contribution is -0.117. The lowest BCUT2D eigenvalue weighted by Crippen LogP contribution is -2.47. The number of carbonyl (C=O) groups excluding carboxylic acids is 1. The zero-order valence-electron chi connectivity index (χ0n) is 10.3. The first-order chi connectivity index (χ1) is 8.79. The molecule has 0 saturated carbocycles. The van der Waals surface area contributed by atoms with E-state index in [1.807, 2.05) is 12.1 Å². The van der Waals surface area contributed by atoms with Gasteiger partial charge in [0.1, 0.15) is 5.76 Å². The van der Waals surface area contributed by atoms with Crippen LogP contribution in [0.15, 0.2) is 28.9 Å². The third-order valence-electron chi connectivity index (χ3n) is 3.76. The Labute approximate surface area is 106 Å². The van der Waals surface area contributed by atoms with Crippen molar-refractivity contribution in [3.8, 4) is 0 Å². The van der Waals surface area contributed by atoms with Gasteiger partial charge in [0.05, 0.1) is 6.26 Å². The van der Waals surface area contributed by atoms with E-state index in [-0.39, 0.29) is 5.91 Å². The Balaban J connectivity index is 1.52.